The van der Waals surface area contributed by atoms with Crippen molar-refractivity contribution < 1.29 is 4.52 Å². The van der Waals surface area contributed by atoms with E-state index in [1.807, 2.05) is 43.3 Å². The monoisotopic (exact) mass is 427 g/mol. The van der Waals surface area contributed by atoms with Crippen molar-refractivity contribution in [3.63, 3.8) is 0 Å². The van der Waals surface area contributed by atoms with E-state index in [0.717, 1.165) is 39.6 Å². The average molecular weight is 428 g/mol. The van der Waals surface area contributed by atoms with Crippen LogP contribution in [0.25, 0.3) is 10.7 Å². The number of anilines is 2. The molecule has 0 radical (unpaired) electrons. The third kappa shape index (κ3) is 4.38. The summed E-state index contributed by atoms with van der Waals surface area (Å²) < 4.78 is 5.24. The quantitative estimate of drug-likeness (QED) is 0.461. The Balaban J connectivity index is 1.59. The lowest BCUT2D eigenvalue weighted by Gasteiger charge is -2.14. The van der Waals surface area contributed by atoms with Crippen LogP contribution in [0.4, 0.5) is 11.5 Å². The molecule has 0 unspecified atom stereocenters. The SMILES string of the molecule is CCc1c(C)nc(-c2ccc(Cl)s2)nc1Nc1ccc(Cc2noc(=O)[nH]2)cc1. The van der Waals surface area contributed by atoms with Gasteiger partial charge in [0.25, 0.3) is 0 Å². The maximum absolute atomic E-state index is 11.0. The second-order valence-corrected chi connectivity index (χ2v) is 8.17. The van der Waals surface area contributed by atoms with E-state index in [1.54, 1.807) is 0 Å². The highest BCUT2D eigenvalue weighted by Gasteiger charge is 2.13. The number of H-pyrrole nitrogens is 1. The van der Waals surface area contributed by atoms with E-state index in [4.69, 9.17) is 16.6 Å². The van der Waals surface area contributed by atoms with Crippen LogP contribution < -0.4 is 11.1 Å². The first kappa shape index (κ1) is 19.4. The van der Waals surface area contributed by atoms with Gasteiger partial charge in [0.2, 0.25) is 0 Å². The molecule has 7 nitrogen and oxygen atoms in total. The minimum atomic E-state index is -0.549. The summed E-state index contributed by atoms with van der Waals surface area (Å²) >= 11 is 7.53. The summed E-state index contributed by atoms with van der Waals surface area (Å²) in [6, 6.07) is 11.6. The first-order valence-corrected chi connectivity index (χ1v) is 10.3. The van der Waals surface area contributed by atoms with Crippen molar-refractivity contribution in [1.82, 2.24) is 20.1 Å². The van der Waals surface area contributed by atoms with Crippen molar-refractivity contribution in [2.24, 2.45) is 0 Å². The molecule has 0 aliphatic rings. The van der Waals surface area contributed by atoms with Gasteiger partial charge in [0, 0.05) is 23.4 Å². The Bertz CT molecular complexity index is 1200. The molecule has 2 N–H and O–H groups in total. The molecule has 4 aromatic rings. The second kappa shape index (κ2) is 8.18. The predicted molar refractivity (Wildman–Crippen MR) is 114 cm³/mol. The molecule has 0 aliphatic carbocycles. The summed E-state index contributed by atoms with van der Waals surface area (Å²) in [6.45, 7) is 4.08. The Morgan fingerprint density at radius 3 is 2.59 bits per heavy atom. The van der Waals surface area contributed by atoms with Crippen LogP contribution in [-0.4, -0.2) is 20.1 Å². The van der Waals surface area contributed by atoms with Crippen LogP contribution in [-0.2, 0) is 12.8 Å². The summed E-state index contributed by atoms with van der Waals surface area (Å²) in [5.74, 6) is 1.39. The number of aromatic amines is 1. The van der Waals surface area contributed by atoms with Crippen molar-refractivity contribution in [1.29, 1.82) is 0 Å². The maximum atomic E-state index is 11.0. The van der Waals surface area contributed by atoms with E-state index in [9.17, 15) is 4.79 Å². The molecule has 3 aromatic heterocycles. The van der Waals surface area contributed by atoms with E-state index in [2.05, 4.69) is 31.9 Å². The van der Waals surface area contributed by atoms with Gasteiger partial charge in [-0.15, -0.1) is 11.3 Å². The molecule has 3 heterocycles. The molecule has 0 saturated carbocycles. The van der Waals surface area contributed by atoms with Gasteiger partial charge in [0.1, 0.15) is 5.82 Å². The lowest BCUT2D eigenvalue weighted by Crippen LogP contribution is -2.05. The van der Waals surface area contributed by atoms with Gasteiger partial charge in [-0.05, 0) is 43.2 Å². The summed E-state index contributed by atoms with van der Waals surface area (Å²) in [5, 5.41) is 7.09. The summed E-state index contributed by atoms with van der Waals surface area (Å²) in [7, 11) is 0. The second-order valence-electron chi connectivity index (χ2n) is 6.46. The zero-order valence-corrected chi connectivity index (χ0v) is 17.4. The van der Waals surface area contributed by atoms with Crippen molar-refractivity contribution in [3.8, 4) is 10.7 Å². The number of rotatable bonds is 6. The van der Waals surface area contributed by atoms with Gasteiger partial charge < -0.3 is 5.32 Å². The molecule has 0 amide bonds. The largest absolute Gasteiger partial charge is 0.438 e. The van der Waals surface area contributed by atoms with Crippen molar-refractivity contribution >= 4 is 34.4 Å². The number of aryl methyl sites for hydroxylation is 1. The average Bonchev–Trinajstić information content (AvgIpc) is 3.31. The highest BCUT2D eigenvalue weighted by molar-refractivity contribution is 7.19. The fourth-order valence-corrected chi connectivity index (χ4v) is 4.02. The molecule has 0 spiro atoms. The highest BCUT2D eigenvalue weighted by Crippen LogP contribution is 2.31. The number of thiophene rings is 1. The molecule has 0 saturated heterocycles. The maximum Gasteiger partial charge on any atom is 0.438 e. The predicted octanol–water partition coefficient (Wildman–Crippen LogP) is 4.74. The van der Waals surface area contributed by atoms with Gasteiger partial charge in [-0.1, -0.05) is 35.8 Å². The number of halogens is 1. The topological polar surface area (TPSA) is 96.7 Å². The molecular formula is C20H18ClN5O2S. The number of nitrogens with one attached hydrogen (secondary N) is 2. The molecule has 0 fully saturated rings. The van der Waals surface area contributed by atoms with Gasteiger partial charge in [0.05, 0.1) is 9.21 Å². The zero-order chi connectivity index (χ0) is 20.4. The number of benzene rings is 1. The van der Waals surface area contributed by atoms with Crippen LogP contribution in [0.5, 0.6) is 0 Å². The fraction of sp³-hybridized carbons (Fsp3) is 0.200. The molecule has 4 rings (SSSR count). The summed E-state index contributed by atoms with van der Waals surface area (Å²) in [4.78, 5) is 23.9. The minimum Gasteiger partial charge on any atom is -0.340 e. The van der Waals surface area contributed by atoms with Crippen molar-refractivity contribution in [2.45, 2.75) is 26.7 Å². The van der Waals surface area contributed by atoms with Gasteiger partial charge in [-0.25, -0.2) is 14.8 Å². The zero-order valence-electron chi connectivity index (χ0n) is 15.8. The number of hydrogen-bond donors (Lipinski definition) is 2. The lowest BCUT2D eigenvalue weighted by atomic mass is 10.1. The van der Waals surface area contributed by atoms with E-state index in [-0.39, 0.29) is 0 Å². The van der Waals surface area contributed by atoms with Gasteiger partial charge in [-0.3, -0.25) is 9.51 Å². The smallest absolute Gasteiger partial charge is 0.340 e. The number of aromatic nitrogens is 4. The third-order valence-electron chi connectivity index (χ3n) is 4.43. The van der Waals surface area contributed by atoms with E-state index in [1.165, 1.54) is 11.3 Å². The highest BCUT2D eigenvalue weighted by atomic mass is 35.5. The molecule has 1 aromatic carbocycles. The van der Waals surface area contributed by atoms with Gasteiger partial charge in [0.15, 0.2) is 11.6 Å². The Labute approximate surface area is 175 Å². The molecule has 9 heteroatoms. The Morgan fingerprint density at radius 1 is 1.17 bits per heavy atom. The molecule has 0 aliphatic heterocycles. The van der Waals surface area contributed by atoms with E-state index >= 15 is 0 Å². The van der Waals surface area contributed by atoms with Crippen LogP contribution in [0, 0.1) is 6.92 Å². The molecule has 148 valence electrons. The lowest BCUT2D eigenvalue weighted by molar-refractivity contribution is 0.382. The Hall–Kier alpha value is -2.97. The first-order valence-electron chi connectivity index (χ1n) is 9.06. The Kier molecular flexibility index (Phi) is 5.46. The van der Waals surface area contributed by atoms with Gasteiger partial charge >= 0.3 is 5.76 Å². The standard InChI is InChI=1S/C20H18ClN5O2S/c1-3-14-11(2)22-19(15-8-9-16(21)29-15)25-18(14)23-13-6-4-12(5-7-13)10-17-24-20(27)28-26-17/h4-9H,3,10H2,1-2H3,(H,22,23,25)(H,24,26,27). The van der Waals surface area contributed by atoms with Crippen molar-refractivity contribution in [3.05, 3.63) is 73.9 Å². The van der Waals surface area contributed by atoms with E-state index < -0.39 is 5.76 Å². The van der Waals surface area contributed by atoms with Crippen LogP contribution in [0.15, 0.2) is 45.7 Å². The van der Waals surface area contributed by atoms with Crippen LogP contribution in [0.1, 0.15) is 29.6 Å². The fourth-order valence-electron chi connectivity index (χ4n) is 3.04. The minimum absolute atomic E-state index is 0.488. The molecule has 29 heavy (non-hydrogen) atoms. The van der Waals surface area contributed by atoms with Crippen LogP contribution in [0.3, 0.4) is 0 Å². The van der Waals surface area contributed by atoms with Crippen LogP contribution >= 0.6 is 22.9 Å². The normalized spacial score (nSPS) is 11.0. The molecule has 0 bridgehead atoms. The third-order valence-corrected chi connectivity index (χ3v) is 5.66. The molecular weight excluding hydrogens is 410 g/mol. The molecule has 0 atom stereocenters. The Morgan fingerprint density at radius 2 is 1.97 bits per heavy atom. The number of hydrogen-bond acceptors (Lipinski definition) is 7. The summed E-state index contributed by atoms with van der Waals surface area (Å²) in [6.07, 6.45) is 1.30. The first-order chi connectivity index (χ1) is 14.0. The summed E-state index contributed by atoms with van der Waals surface area (Å²) in [5.41, 5.74) is 3.92. The van der Waals surface area contributed by atoms with Crippen LogP contribution in [0.2, 0.25) is 4.34 Å². The van der Waals surface area contributed by atoms with Crippen molar-refractivity contribution in [2.75, 3.05) is 5.32 Å². The van der Waals surface area contributed by atoms with Gasteiger partial charge in [-0.2, -0.15) is 0 Å². The van der Waals surface area contributed by atoms with E-state index in [0.29, 0.717) is 22.4 Å². The number of nitrogens with zero attached hydrogens (tertiary/aromatic N) is 3.